The molecule has 0 atom stereocenters. The average molecular weight is 366 g/mol. The fourth-order valence-corrected chi connectivity index (χ4v) is 3.21. The molecule has 1 fully saturated rings. The molecule has 2 aromatic carbocycles. The number of carbonyl (C=O) groups is 2. The highest BCUT2D eigenvalue weighted by Crippen LogP contribution is 2.25. The van der Waals surface area contributed by atoms with Gasteiger partial charge in [0.15, 0.2) is 6.61 Å². The third kappa shape index (κ3) is 4.67. The number of benzene rings is 2. The molecule has 1 N–H and O–H groups in total. The zero-order valence-electron chi connectivity index (χ0n) is 15.9. The van der Waals surface area contributed by atoms with Gasteiger partial charge in [0.2, 0.25) is 0 Å². The van der Waals surface area contributed by atoms with E-state index in [1.807, 2.05) is 54.6 Å². The van der Waals surface area contributed by atoms with Crippen LogP contribution in [0.5, 0.6) is 0 Å². The summed E-state index contributed by atoms with van der Waals surface area (Å²) < 4.78 is 5.24. The van der Waals surface area contributed by atoms with E-state index in [-0.39, 0.29) is 12.5 Å². The monoisotopic (exact) mass is 366 g/mol. The number of amides is 1. The summed E-state index contributed by atoms with van der Waals surface area (Å²) >= 11 is 0. The molecule has 1 amide bonds. The van der Waals surface area contributed by atoms with Crippen molar-refractivity contribution in [2.24, 2.45) is 0 Å². The van der Waals surface area contributed by atoms with E-state index in [9.17, 15) is 9.59 Å². The van der Waals surface area contributed by atoms with Gasteiger partial charge >= 0.3 is 5.97 Å². The van der Waals surface area contributed by atoms with Crippen LogP contribution in [-0.2, 0) is 19.7 Å². The minimum absolute atomic E-state index is 0.303. The lowest BCUT2D eigenvalue weighted by Gasteiger charge is -2.22. The summed E-state index contributed by atoms with van der Waals surface area (Å²) in [6.45, 7) is 5.44. The number of rotatable bonds is 6. The maximum atomic E-state index is 12.4. The molecule has 5 nitrogen and oxygen atoms in total. The van der Waals surface area contributed by atoms with Crippen molar-refractivity contribution in [1.82, 2.24) is 0 Å². The molecule has 0 saturated carbocycles. The van der Waals surface area contributed by atoms with Crippen molar-refractivity contribution in [2.45, 2.75) is 32.1 Å². The largest absolute Gasteiger partial charge is 0.455 e. The first-order valence-electron chi connectivity index (χ1n) is 9.34. The molecule has 0 bridgehead atoms. The molecular formula is C22H26N2O3. The Labute approximate surface area is 160 Å². The average Bonchev–Trinajstić information content (AvgIpc) is 3.22. The Bertz CT molecular complexity index is 779. The first kappa shape index (κ1) is 19.0. The summed E-state index contributed by atoms with van der Waals surface area (Å²) in [6, 6.07) is 17.2. The molecule has 27 heavy (non-hydrogen) atoms. The van der Waals surface area contributed by atoms with E-state index in [4.69, 9.17) is 4.74 Å². The van der Waals surface area contributed by atoms with Crippen molar-refractivity contribution < 1.29 is 14.3 Å². The molecular weight excluding hydrogens is 340 g/mol. The quantitative estimate of drug-likeness (QED) is 0.791. The highest BCUT2D eigenvalue weighted by Gasteiger charge is 2.31. The van der Waals surface area contributed by atoms with Crippen LogP contribution in [0.25, 0.3) is 0 Å². The van der Waals surface area contributed by atoms with E-state index >= 15 is 0 Å². The van der Waals surface area contributed by atoms with Gasteiger partial charge in [-0.1, -0.05) is 30.3 Å². The van der Waals surface area contributed by atoms with E-state index in [0.717, 1.165) is 18.7 Å². The third-order valence-electron chi connectivity index (χ3n) is 4.96. The first-order chi connectivity index (χ1) is 13.0. The molecule has 1 aliphatic rings. The lowest BCUT2D eigenvalue weighted by Crippen LogP contribution is -2.33. The number of esters is 1. The SMILES string of the molecule is CC(C)(C(=O)OCC(=O)Nc1ccc(N2CCCC2)cc1)c1ccccc1. The molecule has 0 unspecified atom stereocenters. The van der Waals surface area contributed by atoms with Crippen LogP contribution in [0, 0.1) is 0 Å². The van der Waals surface area contributed by atoms with Crippen molar-refractivity contribution >= 4 is 23.3 Å². The van der Waals surface area contributed by atoms with Crippen LogP contribution in [-0.4, -0.2) is 31.6 Å². The van der Waals surface area contributed by atoms with Gasteiger partial charge in [-0.2, -0.15) is 0 Å². The smallest absolute Gasteiger partial charge is 0.316 e. The normalized spacial score (nSPS) is 14.1. The lowest BCUT2D eigenvalue weighted by molar-refractivity contribution is -0.152. The molecule has 0 aromatic heterocycles. The molecule has 2 aromatic rings. The van der Waals surface area contributed by atoms with Crippen LogP contribution in [0.2, 0.25) is 0 Å². The predicted molar refractivity (Wildman–Crippen MR) is 107 cm³/mol. The van der Waals surface area contributed by atoms with E-state index in [2.05, 4.69) is 10.2 Å². The van der Waals surface area contributed by atoms with Crippen molar-refractivity contribution in [3.8, 4) is 0 Å². The zero-order valence-corrected chi connectivity index (χ0v) is 15.9. The van der Waals surface area contributed by atoms with Crippen LogP contribution in [0.15, 0.2) is 54.6 Å². The topological polar surface area (TPSA) is 58.6 Å². The Hall–Kier alpha value is -2.82. The summed E-state index contributed by atoms with van der Waals surface area (Å²) in [4.78, 5) is 26.9. The third-order valence-corrected chi connectivity index (χ3v) is 4.96. The molecule has 1 saturated heterocycles. The molecule has 0 spiro atoms. The fraction of sp³-hybridized carbons (Fsp3) is 0.364. The van der Waals surface area contributed by atoms with Crippen LogP contribution in [0.4, 0.5) is 11.4 Å². The van der Waals surface area contributed by atoms with Gasteiger partial charge in [-0.3, -0.25) is 9.59 Å². The number of nitrogens with zero attached hydrogens (tertiary/aromatic N) is 1. The van der Waals surface area contributed by atoms with Crippen LogP contribution >= 0.6 is 0 Å². The molecule has 1 heterocycles. The Balaban J connectivity index is 1.51. The van der Waals surface area contributed by atoms with Crippen molar-refractivity contribution in [2.75, 3.05) is 29.9 Å². The minimum Gasteiger partial charge on any atom is -0.455 e. The molecule has 3 rings (SSSR count). The highest BCUT2D eigenvalue weighted by atomic mass is 16.5. The van der Waals surface area contributed by atoms with Gasteiger partial charge in [0, 0.05) is 24.5 Å². The second-order valence-corrected chi connectivity index (χ2v) is 7.36. The molecule has 0 radical (unpaired) electrons. The van der Waals surface area contributed by atoms with Gasteiger partial charge in [0.25, 0.3) is 5.91 Å². The Morgan fingerprint density at radius 1 is 1.00 bits per heavy atom. The van der Waals surface area contributed by atoms with Crippen molar-refractivity contribution in [3.63, 3.8) is 0 Å². The summed E-state index contributed by atoms with van der Waals surface area (Å²) in [5.74, 6) is -0.769. The van der Waals surface area contributed by atoms with E-state index in [1.54, 1.807) is 13.8 Å². The second kappa shape index (κ2) is 8.25. The number of anilines is 2. The number of hydrogen-bond donors (Lipinski definition) is 1. The van der Waals surface area contributed by atoms with E-state index in [0.29, 0.717) is 5.69 Å². The summed E-state index contributed by atoms with van der Waals surface area (Å²) in [6.07, 6.45) is 2.45. The van der Waals surface area contributed by atoms with Gasteiger partial charge in [-0.25, -0.2) is 0 Å². The predicted octanol–water partition coefficient (Wildman–Crippen LogP) is 3.75. The van der Waals surface area contributed by atoms with Crippen LogP contribution in [0.3, 0.4) is 0 Å². The fourth-order valence-electron chi connectivity index (χ4n) is 3.21. The summed E-state index contributed by atoms with van der Waals surface area (Å²) in [7, 11) is 0. The summed E-state index contributed by atoms with van der Waals surface area (Å²) in [5, 5.41) is 2.77. The zero-order chi connectivity index (χ0) is 19.3. The van der Waals surface area contributed by atoms with Crippen molar-refractivity contribution in [3.05, 3.63) is 60.2 Å². The second-order valence-electron chi connectivity index (χ2n) is 7.36. The number of ether oxygens (including phenoxy) is 1. The van der Waals surface area contributed by atoms with E-state index in [1.165, 1.54) is 18.5 Å². The van der Waals surface area contributed by atoms with Gasteiger partial charge in [-0.05, 0) is 56.5 Å². The van der Waals surface area contributed by atoms with Gasteiger partial charge in [0.1, 0.15) is 0 Å². The molecule has 1 aliphatic heterocycles. The molecule has 0 aliphatic carbocycles. The lowest BCUT2D eigenvalue weighted by atomic mass is 9.85. The Morgan fingerprint density at radius 2 is 1.63 bits per heavy atom. The number of hydrogen-bond acceptors (Lipinski definition) is 4. The highest BCUT2D eigenvalue weighted by molar-refractivity contribution is 5.93. The van der Waals surface area contributed by atoms with Crippen molar-refractivity contribution in [1.29, 1.82) is 0 Å². The first-order valence-corrected chi connectivity index (χ1v) is 9.34. The summed E-state index contributed by atoms with van der Waals surface area (Å²) in [5.41, 5.74) is 1.91. The molecule has 5 heteroatoms. The molecule has 142 valence electrons. The Morgan fingerprint density at radius 3 is 2.26 bits per heavy atom. The van der Waals surface area contributed by atoms with Crippen LogP contribution in [0.1, 0.15) is 32.3 Å². The maximum absolute atomic E-state index is 12.4. The van der Waals surface area contributed by atoms with Gasteiger partial charge < -0.3 is 15.0 Å². The van der Waals surface area contributed by atoms with Gasteiger partial charge in [0.05, 0.1) is 5.41 Å². The number of carbonyl (C=O) groups excluding carboxylic acids is 2. The maximum Gasteiger partial charge on any atom is 0.316 e. The van der Waals surface area contributed by atoms with E-state index < -0.39 is 11.4 Å². The van der Waals surface area contributed by atoms with Gasteiger partial charge in [-0.15, -0.1) is 0 Å². The Kier molecular flexibility index (Phi) is 5.79. The standard InChI is InChI=1S/C22H26N2O3/c1-22(2,17-8-4-3-5-9-17)21(26)27-16-20(25)23-18-10-12-19(13-11-18)24-14-6-7-15-24/h3-5,8-13H,6-7,14-16H2,1-2H3,(H,23,25). The number of nitrogens with one attached hydrogen (secondary N) is 1. The minimum atomic E-state index is -0.807. The van der Waals surface area contributed by atoms with Crippen LogP contribution < -0.4 is 10.2 Å².